The highest BCUT2D eigenvalue weighted by molar-refractivity contribution is 6.30. The molecule has 1 atom stereocenters. The summed E-state index contributed by atoms with van der Waals surface area (Å²) in [6, 6.07) is 13.5. The van der Waals surface area contributed by atoms with Gasteiger partial charge in [0.25, 0.3) is 0 Å². The van der Waals surface area contributed by atoms with Crippen LogP contribution < -0.4 is 14.8 Å². The molecule has 0 saturated heterocycles. The molecular formula is C15H14ClNO2. The van der Waals surface area contributed by atoms with Crippen molar-refractivity contribution >= 4 is 17.3 Å². The van der Waals surface area contributed by atoms with E-state index in [-0.39, 0.29) is 6.10 Å². The van der Waals surface area contributed by atoms with Crippen molar-refractivity contribution in [2.45, 2.75) is 6.10 Å². The molecule has 3 rings (SSSR count). The minimum Gasteiger partial charge on any atom is -0.497 e. The van der Waals surface area contributed by atoms with Crippen LogP contribution in [0.4, 0.5) is 5.69 Å². The van der Waals surface area contributed by atoms with E-state index in [9.17, 15) is 0 Å². The van der Waals surface area contributed by atoms with Gasteiger partial charge in [0.15, 0.2) is 0 Å². The third kappa shape index (κ3) is 2.47. The van der Waals surface area contributed by atoms with Crippen molar-refractivity contribution in [3.8, 4) is 11.5 Å². The molecule has 1 aliphatic heterocycles. The molecule has 1 unspecified atom stereocenters. The van der Waals surface area contributed by atoms with Crippen molar-refractivity contribution in [1.29, 1.82) is 0 Å². The molecule has 3 nitrogen and oxygen atoms in total. The normalized spacial score (nSPS) is 17.1. The molecular weight excluding hydrogens is 262 g/mol. The highest BCUT2D eigenvalue weighted by Crippen LogP contribution is 2.36. The Balaban J connectivity index is 1.82. The van der Waals surface area contributed by atoms with E-state index < -0.39 is 0 Å². The molecule has 19 heavy (non-hydrogen) atoms. The largest absolute Gasteiger partial charge is 0.497 e. The van der Waals surface area contributed by atoms with Gasteiger partial charge in [-0.1, -0.05) is 23.7 Å². The zero-order valence-corrected chi connectivity index (χ0v) is 11.3. The van der Waals surface area contributed by atoms with Crippen LogP contribution in [-0.2, 0) is 0 Å². The molecule has 0 radical (unpaired) electrons. The summed E-state index contributed by atoms with van der Waals surface area (Å²) < 4.78 is 11.1. The summed E-state index contributed by atoms with van der Waals surface area (Å²) >= 11 is 5.95. The lowest BCUT2D eigenvalue weighted by Crippen LogP contribution is -2.23. The van der Waals surface area contributed by atoms with E-state index in [1.165, 1.54) is 0 Å². The number of benzene rings is 2. The van der Waals surface area contributed by atoms with E-state index in [4.69, 9.17) is 21.1 Å². The predicted octanol–water partition coefficient (Wildman–Crippen LogP) is 3.89. The van der Waals surface area contributed by atoms with Crippen LogP contribution in [0.3, 0.4) is 0 Å². The molecule has 98 valence electrons. The second-order valence-electron chi connectivity index (χ2n) is 4.40. The van der Waals surface area contributed by atoms with Crippen LogP contribution >= 0.6 is 11.6 Å². The lowest BCUT2D eigenvalue weighted by Gasteiger charge is -2.27. The SMILES string of the molecule is COc1ccc(C2CNc3cc(Cl)ccc3O2)cc1. The van der Waals surface area contributed by atoms with Crippen LogP contribution in [0.2, 0.25) is 5.02 Å². The number of anilines is 1. The highest BCUT2D eigenvalue weighted by Gasteiger charge is 2.20. The first-order chi connectivity index (χ1) is 9.26. The van der Waals surface area contributed by atoms with E-state index in [1.807, 2.05) is 42.5 Å². The topological polar surface area (TPSA) is 30.5 Å². The summed E-state index contributed by atoms with van der Waals surface area (Å²) in [6.45, 7) is 0.722. The van der Waals surface area contributed by atoms with E-state index in [1.54, 1.807) is 7.11 Å². The van der Waals surface area contributed by atoms with Gasteiger partial charge in [0.2, 0.25) is 0 Å². The van der Waals surface area contributed by atoms with Gasteiger partial charge < -0.3 is 14.8 Å². The molecule has 2 aromatic carbocycles. The number of hydrogen-bond donors (Lipinski definition) is 1. The second-order valence-corrected chi connectivity index (χ2v) is 4.84. The first-order valence-corrected chi connectivity index (χ1v) is 6.48. The minimum atomic E-state index is -0.000387. The molecule has 4 heteroatoms. The Morgan fingerprint density at radius 2 is 2.00 bits per heavy atom. The van der Waals surface area contributed by atoms with Crippen molar-refractivity contribution in [1.82, 2.24) is 0 Å². The van der Waals surface area contributed by atoms with E-state index >= 15 is 0 Å². The van der Waals surface area contributed by atoms with E-state index in [0.717, 1.165) is 29.3 Å². The molecule has 1 heterocycles. The Kier molecular flexibility index (Phi) is 3.22. The monoisotopic (exact) mass is 275 g/mol. The number of halogens is 1. The number of methoxy groups -OCH3 is 1. The lowest BCUT2D eigenvalue weighted by molar-refractivity contribution is 0.210. The first-order valence-electron chi connectivity index (χ1n) is 6.10. The minimum absolute atomic E-state index is 0.000387. The number of nitrogens with one attached hydrogen (secondary N) is 1. The van der Waals surface area contributed by atoms with Gasteiger partial charge in [-0.25, -0.2) is 0 Å². The summed E-state index contributed by atoms with van der Waals surface area (Å²) in [6.07, 6.45) is -0.000387. The smallest absolute Gasteiger partial charge is 0.143 e. The summed E-state index contributed by atoms with van der Waals surface area (Å²) in [5.41, 5.74) is 2.06. The first kappa shape index (κ1) is 12.2. The van der Waals surface area contributed by atoms with Crippen molar-refractivity contribution in [3.63, 3.8) is 0 Å². The summed E-state index contributed by atoms with van der Waals surface area (Å²) in [7, 11) is 1.66. The van der Waals surface area contributed by atoms with Gasteiger partial charge in [0.1, 0.15) is 17.6 Å². The Morgan fingerprint density at radius 1 is 1.21 bits per heavy atom. The number of rotatable bonds is 2. The summed E-state index contributed by atoms with van der Waals surface area (Å²) in [5, 5.41) is 4.05. The fourth-order valence-electron chi connectivity index (χ4n) is 2.15. The molecule has 1 aliphatic rings. The van der Waals surface area contributed by atoms with E-state index in [2.05, 4.69) is 5.32 Å². The molecule has 1 N–H and O–H groups in total. The number of ether oxygens (including phenoxy) is 2. The van der Waals surface area contributed by atoms with Gasteiger partial charge in [0, 0.05) is 5.02 Å². The summed E-state index contributed by atoms with van der Waals surface area (Å²) in [5.74, 6) is 1.68. The average molecular weight is 276 g/mol. The molecule has 0 spiro atoms. The van der Waals surface area contributed by atoms with Crippen molar-refractivity contribution in [2.75, 3.05) is 19.0 Å². The number of hydrogen-bond acceptors (Lipinski definition) is 3. The van der Waals surface area contributed by atoms with Crippen LogP contribution in [0.25, 0.3) is 0 Å². The quantitative estimate of drug-likeness (QED) is 0.902. The van der Waals surface area contributed by atoms with Crippen LogP contribution in [0, 0.1) is 0 Å². The molecule has 0 aromatic heterocycles. The maximum Gasteiger partial charge on any atom is 0.143 e. The van der Waals surface area contributed by atoms with Crippen LogP contribution in [-0.4, -0.2) is 13.7 Å². The Hall–Kier alpha value is -1.87. The molecule has 0 bridgehead atoms. The van der Waals surface area contributed by atoms with Gasteiger partial charge in [0.05, 0.1) is 19.3 Å². The lowest BCUT2D eigenvalue weighted by atomic mass is 10.1. The van der Waals surface area contributed by atoms with Crippen molar-refractivity contribution in [2.24, 2.45) is 0 Å². The predicted molar refractivity (Wildman–Crippen MR) is 76.3 cm³/mol. The third-order valence-electron chi connectivity index (χ3n) is 3.18. The molecule has 0 amide bonds. The van der Waals surface area contributed by atoms with Gasteiger partial charge in [-0.05, 0) is 35.9 Å². The Bertz CT molecular complexity index is 583. The van der Waals surface area contributed by atoms with Crippen LogP contribution in [0.1, 0.15) is 11.7 Å². The second kappa shape index (κ2) is 5.02. The zero-order chi connectivity index (χ0) is 13.2. The number of fused-ring (bicyclic) bond motifs is 1. The van der Waals surface area contributed by atoms with Gasteiger partial charge >= 0.3 is 0 Å². The average Bonchev–Trinajstić information content (AvgIpc) is 2.47. The summed E-state index contributed by atoms with van der Waals surface area (Å²) in [4.78, 5) is 0. The fraction of sp³-hybridized carbons (Fsp3) is 0.200. The Morgan fingerprint density at radius 3 is 2.74 bits per heavy atom. The molecule has 0 fully saturated rings. The van der Waals surface area contributed by atoms with Gasteiger partial charge in [-0.15, -0.1) is 0 Å². The van der Waals surface area contributed by atoms with Crippen molar-refractivity contribution < 1.29 is 9.47 Å². The third-order valence-corrected chi connectivity index (χ3v) is 3.41. The van der Waals surface area contributed by atoms with Gasteiger partial charge in [-0.2, -0.15) is 0 Å². The Labute approximate surface area is 117 Å². The fourth-order valence-corrected chi connectivity index (χ4v) is 2.32. The van der Waals surface area contributed by atoms with E-state index in [0.29, 0.717) is 5.02 Å². The molecule has 2 aromatic rings. The van der Waals surface area contributed by atoms with Crippen molar-refractivity contribution in [3.05, 3.63) is 53.1 Å². The standard InChI is InChI=1S/C15H14ClNO2/c1-18-12-5-2-10(3-6-12)15-9-17-13-8-11(16)4-7-14(13)19-15/h2-8,15,17H,9H2,1H3. The maximum absolute atomic E-state index is 5.98. The van der Waals surface area contributed by atoms with Crippen LogP contribution in [0.15, 0.2) is 42.5 Å². The zero-order valence-electron chi connectivity index (χ0n) is 10.5. The maximum atomic E-state index is 5.98. The highest BCUT2D eigenvalue weighted by atomic mass is 35.5. The van der Waals surface area contributed by atoms with Crippen LogP contribution in [0.5, 0.6) is 11.5 Å². The molecule has 0 aliphatic carbocycles. The molecule has 0 saturated carbocycles. The van der Waals surface area contributed by atoms with Gasteiger partial charge in [-0.3, -0.25) is 0 Å².